The third-order valence-electron chi connectivity index (χ3n) is 5.23. The Morgan fingerprint density at radius 2 is 2.19 bits per heavy atom. The summed E-state index contributed by atoms with van der Waals surface area (Å²) < 4.78 is 17.7. The molecule has 1 aliphatic heterocycles. The molecule has 0 saturated carbocycles. The number of hydrogen-bond acceptors (Lipinski definition) is 7. The van der Waals surface area contributed by atoms with Crippen molar-refractivity contribution in [1.82, 2.24) is 14.9 Å². The van der Waals surface area contributed by atoms with Gasteiger partial charge in [-0.3, -0.25) is 19.1 Å². The lowest BCUT2D eigenvalue weighted by molar-refractivity contribution is -0.128. The van der Waals surface area contributed by atoms with Crippen LogP contribution in [-0.2, 0) is 16.0 Å². The van der Waals surface area contributed by atoms with Crippen LogP contribution in [0.2, 0.25) is 5.02 Å². The normalized spacial score (nSPS) is 21.2. The first-order chi connectivity index (χ1) is 15.2. The van der Waals surface area contributed by atoms with Crippen LogP contribution in [-0.4, -0.2) is 52.5 Å². The molecule has 1 fully saturated rings. The Balaban J connectivity index is 1.58. The number of amides is 1. The molecule has 1 aromatic heterocycles. The van der Waals surface area contributed by atoms with Crippen LogP contribution in [0.15, 0.2) is 34.0 Å². The van der Waals surface area contributed by atoms with E-state index in [0.29, 0.717) is 28.5 Å². The van der Waals surface area contributed by atoms with Gasteiger partial charge in [-0.25, -0.2) is 4.79 Å². The number of nitrogens with zero attached hydrogens (tertiary/aromatic N) is 1. The van der Waals surface area contributed by atoms with E-state index in [1.807, 2.05) is 0 Å². The van der Waals surface area contributed by atoms with Gasteiger partial charge in [-0.15, -0.1) is 0 Å². The van der Waals surface area contributed by atoms with E-state index in [9.17, 15) is 19.5 Å². The molecule has 0 spiro atoms. The summed E-state index contributed by atoms with van der Waals surface area (Å²) in [5.74, 6) is 0.469. The highest BCUT2D eigenvalue weighted by Gasteiger charge is 2.36. The van der Waals surface area contributed by atoms with Crippen molar-refractivity contribution >= 4 is 17.5 Å². The van der Waals surface area contributed by atoms with Crippen LogP contribution >= 0.6 is 11.6 Å². The number of carbonyl (C=O) groups is 1. The van der Waals surface area contributed by atoms with Crippen LogP contribution in [0, 0.1) is 0 Å². The summed E-state index contributed by atoms with van der Waals surface area (Å²) in [5, 5.41) is 13.3. The number of aromatic nitrogens is 2. The van der Waals surface area contributed by atoms with Crippen molar-refractivity contribution in [3.63, 3.8) is 0 Å². The Bertz CT molecular complexity index is 1080. The Morgan fingerprint density at radius 1 is 1.44 bits per heavy atom. The molecule has 2 heterocycles. The molecule has 1 amide bonds. The minimum Gasteiger partial charge on any atom is -0.497 e. The maximum atomic E-state index is 12.4. The van der Waals surface area contributed by atoms with E-state index in [2.05, 4.69) is 10.3 Å². The van der Waals surface area contributed by atoms with Crippen molar-refractivity contribution in [1.29, 1.82) is 0 Å². The molecule has 1 unspecified atom stereocenters. The van der Waals surface area contributed by atoms with Gasteiger partial charge in [0.05, 0.1) is 18.2 Å². The fraction of sp³-hybridized carbons (Fsp3) is 0.476. The molecule has 1 saturated heterocycles. The van der Waals surface area contributed by atoms with Crippen molar-refractivity contribution < 1.29 is 24.1 Å². The lowest BCUT2D eigenvalue weighted by Crippen LogP contribution is -2.42. The molecule has 0 radical (unpaired) electrons. The van der Waals surface area contributed by atoms with Crippen molar-refractivity contribution in [3.8, 4) is 11.5 Å². The average Bonchev–Trinajstić information content (AvgIpc) is 3.13. The maximum Gasteiger partial charge on any atom is 0.330 e. The fourth-order valence-corrected chi connectivity index (χ4v) is 3.57. The highest BCUT2D eigenvalue weighted by molar-refractivity contribution is 6.32. The van der Waals surface area contributed by atoms with Crippen molar-refractivity contribution in [2.75, 3.05) is 13.7 Å². The van der Waals surface area contributed by atoms with Crippen molar-refractivity contribution in [2.45, 2.75) is 51.2 Å². The molecule has 0 bridgehead atoms. The average molecular weight is 468 g/mol. The molecule has 1 aromatic carbocycles. The van der Waals surface area contributed by atoms with E-state index in [-0.39, 0.29) is 13.0 Å². The molecule has 2 aromatic rings. The zero-order valence-electron chi connectivity index (χ0n) is 18.0. The molecule has 10 nitrogen and oxygen atoms in total. The van der Waals surface area contributed by atoms with E-state index in [1.165, 1.54) is 17.9 Å². The number of methoxy groups -OCH3 is 1. The largest absolute Gasteiger partial charge is 0.497 e. The third-order valence-corrected chi connectivity index (χ3v) is 5.52. The first kappa shape index (κ1) is 23.8. The molecule has 1 aliphatic rings. The number of carbonyl (C=O) groups excluding carboxylic acids is 1. The molecule has 11 heteroatoms. The number of aromatic amines is 1. The van der Waals surface area contributed by atoms with Gasteiger partial charge in [0.15, 0.2) is 6.10 Å². The summed E-state index contributed by atoms with van der Waals surface area (Å²) in [5.41, 5.74) is -0.628. The predicted octanol–water partition coefficient (Wildman–Crippen LogP) is 0.993. The van der Waals surface area contributed by atoms with E-state index in [4.69, 9.17) is 25.8 Å². The smallest absolute Gasteiger partial charge is 0.330 e. The summed E-state index contributed by atoms with van der Waals surface area (Å²) in [6, 6.07) is 4.84. The topological polar surface area (TPSA) is 132 Å². The molecule has 174 valence electrons. The van der Waals surface area contributed by atoms with E-state index >= 15 is 0 Å². The van der Waals surface area contributed by atoms with Gasteiger partial charge in [0.25, 0.3) is 11.5 Å². The molecule has 3 N–H and O–H groups in total. The van der Waals surface area contributed by atoms with Crippen LogP contribution in [0.1, 0.15) is 32.1 Å². The van der Waals surface area contributed by atoms with Crippen molar-refractivity contribution in [3.05, 3.63) is 55.8 Å². The standard InChI is InChI=1S/C21H26ClN3O7/c1-4-12-10-25(21(29)24-20(12)28)18-8-15(26)17(32-18)9-23-19(27)11(2)31-16-6-5-13(30-3)7-14(16)22/h5-7,10-11,15,17-18,26H,4,8-9H2,1-3H3,(H,23,27)(H,24,28,29)/t11?,15-,17+,18+/m0/s1. The van der Waals surface area contributed by atoms with Gasteiger partial charge in [0.1, 0.15) is 23.8 Å². The number of H-pyrrole nitrogens is 1. The van der Waals surface area contributed by atoms with E-state index < -0.39 is 41.7 Å². The van der Waals surface area contributed by atoms with Gasteiger partial charge < -0.3 is 24.6 Å². The van der Waals surface area contributed by atoms with Gasteiger partial charge in [-0.2, -0.15) is 0 Å². The van der Waals surface area contributed by atoms with Crippen LogP contribution in [0.4, 0.5) is 0 Å². The van der Waals surface area contributed by atoms with Gasteiger partial charge in [-0.05, 0) is 25.5 Å². The number of ether oxygens (including phenoxy) is 3. The lowest BCUT2D eigenvalue weighted by atomic mass is 10.1. The zero-order valence-corrected chi connectivity index (χ0v) is 18.7. The van der Waals surface area contributed by atoms with E-state index in [1.54, 1.807) is 32.0 Å². The summed E-state index contributed by atoms with van der Waals surface area (Å²) in [7, 11) is 1.52. The van der Waals surface area contributed by atoms with Gasteiger partial charge in [0, 0.05) is 30.8 Å². The number of hydrogen-bond donors (Lipinski definition) is 3. The zero-order chi connectivity index (χ0) is 23.4. The highest BCUT2D eigenvalue weighted by atomic mass is 35.5. The highest BCUT2D eigenvalue weighted by Crippen LogP contribution is 2.30. The third kappa shape index (κ3) is 5.32. The molecule has 32 heavy (non-hydrogen) atoms. The first-order valence-corrected chi connectivity index (χ1v) is 10.6. The van der Waals surface area contributed by atoms with Gasteiger partial charge in [0.2, 0.25) is 0 Å². The predicted molar refractivity (Wildman–Crippen MR) is 116 cm³/mol. The molecule has 4 atom stereocenters. The Morgan fingerprint density at radius 3 is 2.84 bits per heavy atom. The first-order valence-electron chi connectivity index (χ1n) is 10.2. The maximum absolute atomic E-state index is 12.4. The Kier molecular flexibility index (Phi) is 7.60. The molecular formula is C21H26ClN3O7. The number of benzene rings is 1. The van der Waals surface area contributed by atoms with E-state index in [0.717, 1.165) is 0 Å². The monoisotopic (exact) mass is 467 g/mol. The van der Waals surface area contributed by atoms with Gasteiger partial charge >= 0.3 is 5.69 Å². The lowest BCUT2D eigenvalue weighted by Gasteiger charge is -2.19. The van der Waals surface area contributed by atoms with Crippen molar-refractivity contribution in [2.24, 2.45) is 0 Å². The summed E-state index contributed by atoms with van der Waals surface area (Å²) >= 11 is 6.14. The van der Waals surface area contributed by atoms with Crippen LogP contribution in [0.3, 0.4) is 0 Å². The fourth-order valence-electron chi connectivity index (χ4n) is 3.36. The number of nitrogens with one attached hydrogen (secondary N) is 2. The second-order valence-electron chi connectivity index (χ2n) is 7.41. The second-order valence-corrected chi connectivity index (χ2v) is 7.82. The quantitative estimate of drug-likeness (QED) is 0.527. The molecule has 0 aliphatic carbocycles. The van der Waals surface area contributed by atoms with Gasteiger partial charge in [-0.1, -0.05) is 18.5 Å². The number of aliphatic hydroxyl groups is 1. The van der Waals surface area contributed by atoms with Crippen LogP contribution in [0.5, 0.6) is 11.5 Å². The Hall–Kier alpha value is -2.82. The minimum atomic E-state index is -0.906. The number of halogens is 1. The van der Waals surface area contributed by atoms with Crippen LogP contribution < -0.4 is 26.0 Å². The summed E-state index contributed by atoms with van der Waals surface area (Å²) in [6.07, 6.45) is -1.23. The Labute approximate surface area is 189 Å². The summed E-state index contributed by atoms with van der Waals surface area (Å²) in [4.78, 5) is 38.6. The second kappa shape index (κ2) is 10.2. The number of rotatable bonds is 8. The molecule has 3 rings (SSSR count). The number of aryl methyl sites for hydroxylation is 1. The summed E-state index contributed by atoms with van der Waals surface area (Å²) in [6.45, 7) is 3.38. The SMILES string of the molecule is CCc1cn([C@H]2C[C@H](O)[C@@H](CNC(=O)C(C)Oc3ccc(OC)cc3Cl)O2)c(=O)[nH]c1=O. The molecular weight excluding hydrogens is 442 g/mol. The number of aliphatic hydroxyl groups excluding tert-OH is 1. The van der Waals surface area contributed by atoms with Crippen LogP contribution in [0.25, 0.3) is 0 Å². The minimum absolute atomic E-state index is 0.0132.